The Morgan fingerprint density at radius 1 is 0.923 bits per heavy atom. The molecule has 0 bridgehead atoms. The van der Waals surface area contributed by atoms with Crippen molar-refractivity contribution in [3.05, 3.63) is 53.1 Å². The molecule has 4 nitrogen and oxygen atoms in total. The van der Waals surface area contributed by atoms with E-state index in [1.165, 1.54) is 25.7 Å². The molecule has 26 heavy (non-hydrogen) atoms. The Bertz CT molecular complexity index is 917. The van der Waals surface area contributed by atoms with Crippen LogP contribution in [0, 0.1) is 6.92 Å². The van der Waals surface area contributed by atoms with Crippen LogP contribution < -0.4 is 10.2 Å². The molecule has 1 saturated heterocycles. The molecule has 3 aromatic rings. The zero-order chi connectivity index (χ0) is 17.9. The molecular weight excluding hydrogens is 344 g/mol. The van der Waals surface area contributed by atoms with Crippen LogP contribution in [0.2, 0.25) is 5.02 Å². The molecule has 1 fully saturated rings. The van der Waals surface area contributed by atoms with E-state index in [1.807, 2.05) is 37.3 Å². The molecule has 0 amide bonds. The number of aromatic nitrogens is 2. The first-order chi connectivity index (χ1) is 12.7. The molecule has 1 aromatic heterocycles. The molecule has 1 N–H and O–H groups in total. The summed E-state index contributed by atoms with van der Waals surface area (Å²) in [6.07, 6.45) is 5.03. The fourth-order valence-electron chi connectivity index (χ4n) is 3.50. The van der Waals surface area contributed by atoms with E-state index in [-0.39, 0.29) is 0 Å². The van der Waals surface area contributed by atoms with Gasteiger partial charge in [0, 0.05) is 29.2 Å². The predicted octanol–water partition coefficient (Wildman–Crippen LogP) is 5.72. The molecule has 134 valence electrons. The lowest BCUT2D eigenvalue weighted by Crippen LogP contribution is -2.25. The van der Waals surface area contributed by atoms with Crippen molar-refractivity contribution in [3.8, 4) is 0 Å². The first-order valence-corrected chi connectivity index (χ1v) is 9.64. The zero-order valence-electron chi connectivity index (χ0n) is 15.0. The lowest BCUT2D eigenvalue weighted by molar-refractivity contribution is 0.726. The number of fused-ring (bicyclic) bond motifs is 1. The highest BCUT2D eigenvalue weighted by Crippen LogP contribution is 2.30. The molecule has 1 aliphatic heterocycles. The van der Waals surface area contributed by atoms with Gasteiger partial charge < -0.3 is 10.2 Å². The average Bonchev–Trinajstić information content (AvgIpc) is 2.94. The van der Waals surface area contributed by atoms with E-state index in [0.29, 0.717) is 5.95 Å². The molecule has 0 radical (unpaired) electrons. The Hall–Kier alpha value is -2.33. The van der Waals surface area contributed by atoms with Crippen molar-refractivity contribution in [2.75, 3.05) is 23.3 Å². The van der Waals surface area contributed by atoms with Crippen LogP contribution in [0.3, 0.4) is 0 Å². The van der Waals surface area contributed by atoms with Gasteiger partial charge in [-0.3, -0.25) is 0 Å². The predicted molar refractivity (Wildman–Crippen MR) is 110 cm³/mol. The number of halogens is 1. The maximum Gasteiger partial charge on any atom is 0.229 e. The second-order valence-corrected chi connectivity index (χ2v) is 7.23. The summed E-state index contributed by atoms with van der Waals surface area (Å²) in [7, 11) is 0. The van der Waals surface area contributed by atoms with E-state index >= 15 is 0 Å². The molecule has 0 unspecified atom stereocenters. The smallest absolute Gasteiger partial charge is 0.229 e. The Balaban J connectivity index is 1.77. The summed E-state index contributed by atoms with van der Waals surface area (Å²) in [5.41, 5.74) is 2.90. The molecule has 0 atom stereocenters. The average molecular weight is 367 g/mol. The van der Waals surface area contributed by atoms with Crippen LogP contribution >= 0.6 is 11.6 Å². The largest absolute Gasteiger partial charge is 0.356 e. The summed E-state index contributed by atoms with van der Waals surface area (Å²) in [6, 6.07) is 14.1. The number of nitrogens with zero attached hydrogens (tertiary/aromatic N) is 3. The van der Waals surface area contributed by atoms with Crippen LogP contribution in [0.1, 0.15) is 31.2 Å². The molecule has 1 aliphatic rings. The minimum absolute atomic E-state index is 0.619. The van der Waals surface area contributed by atoms with Crippen LogP contribution in [0.25, 0.3) is 10.9 Å². The topological polar surface area (TPSA) is 41.1 Å². The Labute approximate surface area is 159 Å². The quantitative estimate of drug-likeness (QED) is 0.644. The maximum atomic E-state index is 6.26. The third-order valence-electron chi connectivity index (χ3n) is 5.00. The lowest BCUT2D eigenvalue weighted by Gasteiger charge is -2.23. The van der Waals surface area contributed by atoms with Crippen LogP contribution in [0.5, 0.6) is 0 Å². The van der Waals surface area contributed by atoms with Gasteiger partial charge in [-0.1, -0.05) is 42.6 Å². The summed E-state index contributed by atoms with van der Waals surface area (Å²) in [6.45, 7) is 4.11. The minimum Gasteiger partial charge on any atom is -0.356 e. The van der Waals surface area contributed by atoms with Gasteiger partial charge in [0.15, 0.2) is 0 Å². The fraction of sp³-hybridized carbons (Fsp3) is 0.333. The number of anilines is 3. The number of nitrogens with one attached hydrogen (secondary N) is 1. The van der Waals surface area contributed by atoms with Crippen molar-refractivity contribution in [1.82, 2.24) is 9.97 Å². The molecule has 2 heterocycles. The maximum absolute atomic E-state index is 6.26. The highest BCUT2D eigenvalue weighted by molar-refractivity contribution is 6.31. The van der Waals surface area contributed by atoms with Crippen molar-refractivity contribution in [2.45, 2.75) is 32.6 Å². The van der Waals surface area contributed by atoms with Gasteiger partial charge >= 0.3 is 0 Å². The standard InChI is InChI=1S/C21H23ClN4/c1-15-17(22)10-8-12-18(15)23-21-24-19-11-5-4-9-16(19)20(25-21)26-13-6-2-3-7-14-26/h4-5,8-12H,2-3,6-7,13-14H2,1H3,(H,23,24,25). The van der Waals surface area contributed by atoms with Crippen LogP contribution in [0.15, 0.2) is 42.5 Å². The van der Waals surface area contributed by atoms with Crippen LogP contribution in [0.4, 0.5) is 17.5 Å². The molecule has 5 heteroatoms. The monoisotopic (exact) mass is 366 g/mol. The van der Waals surface area contributed by atoms with Crippen molar-refractivity contribution >= 4 is 40.0 Å². The number of para-hydroxylation sites is 1. The van der Waals surface area contributed by atoms with E-state index < -0.39 is 0 Å². The van der Waals surface area contributed by atoms with Gasteiger partial charge in [-0.05, 0) is 49.6 Å². The summed E-state index contributed by atoms with van der Waals surface area (Å²) < 4.78 is 0. The molecule has 2 aromatic carbocycles. The Morgan fingerprint density at radius 3 is 2.50 bits per heavy atom. The number of benzene rings is 2. The van der Waals surface area contributed by atoms with Crippen molar-refractivity contribution in [1.29, 1.82) is 0 Å². The van der Waals surface area contributed by atoms with Gasteiger partial charge in [-0.15, -0.1) is 0 Å². The van der Waals surface area contributed by atoms with E-state index in [0.717, 1.165) is 46.1 Å². The molecule has 0 aliphatic carbocycles. The van der Waals surface area contributed by atoms with E-state index in [1.54, 1.807) is 0 Å². The normalized spacial score (nSPS) is 15.1. The number of rotatable bonds is 3. The van der Waals surface area contributed by atoms with Crippen molar-refractivity contribution in [2.24, 2.45) is 0 Å². The van der Waals surface area contributed by atoms with Gasteiger partial charge in [0.25, 0.3) is 0 Å². The fourth-order valence-corrected chi connectivity index (χ4v) is 3.68. The van der Waals surface area contributed by atoms with E-state index in [4.69, 9.17) is 21.6 Å². The highest BCUT2D eigenvalue weighted by Gasteiger charge is 2.16. The Kier molecular flexibility index (Phi) is 4.93. The third kappa shape index (κ3) is 3.47. The summed E-state index contributed by atoms with van der Waals surface area (Å²) in [4.78, 5) is 12.0. The summed E-state index contributed by atoms with van der Waals surface area (Å²) in [5.74, 6) is 1.65. The molecular formula is C21H23ClN4. The van der Waals surface area contributed by atoms with E-state index in [2.05, 4.69) is 22.3 Å². The number of hydrogen-bond acceptors (Lipinski definition) is 4. The van der Waals surface area contributed by atoms with Gasteiger partial charge in [0.1, 0.15) is 5.82 Å². The van der Waals surface area contributed by atoms with Gasteiger partial charge in [-0.2, -0.15) is 4.98 Å². The third-order valence-corrected chi connectivity index (χ3v) is 5.41. The second-order valence-electron chi connectivity index (χ2n) is 6.83. The molecule has 4 rings (SSSR count). The number of hydrogen-bond donors (Lipinski definition) is 1. The van der Waals surface area contributed by atoms with Crippen LogP contribution in [-0.4, -0.2) is 23.1 Å². The first-order valence-electron chi connectivity index (χ1n) is 9.26. The first kappa shape index (κ1) is 17.1. The SMILES string of the molecule is Cc1c(Cl)cccc1Nc1nc(N2CCCCCC2)c2ccccc2n1. The van der Waals surface area contributed by atoms with Crippen LogP contribution in [-0.2, 0) is 0 Å². The lowest BCUT2D eigenvalue weighted by atomic mass is 10.2. The van der Waals surface area contributed by atoms with E-state index in [9.17, 15) is 0 Å². The summed E-state index contributed by atoms with van der Waals surface area (Å²) >= 11 is 6.26. The highest BCUT2D eigenvalue weighted by atomic mass is 35.5. The van der Waals surface area contributed by atoms with Crippen molar-refractivity contribution in [3.63, 3.8) is 0 Å². The Morgan fingerprint density at radius 2 is 1.69 bits per heavy atom. The minimum atomic E-state index is 0.619. The summed E-state index contributed by atoms with van der Waals surface area (Å²) in [5, 5.41) is 5.22. The molecule has 0 spiro atoms. The van der Waals surface area contributed by atoms with Gasteiger partial charge in [0.2, 0.25) is 5.95 Å². The van der Waals surface area contributed by atoms with Crippen molar-refractivity contribution < 1.29 is 0 Å². The van der Waals surface area contributed by atoms with Gasteiger partial charge in [-0.25, -0.2) is 4.98 Å². The zero-order valence-corrected chi connectivity index (χ0v) is 15.8. The van der Waals surface area contributed by atoms with Gasteiger partial charge in [0.05, 0.1) is 5.52 Å². The second kappa shape index (κ2) is 7.50. The molecule has 0 saturated carbocycles.